The molecular weight excluding hydrogens is 325 g/mol. The molecule has 1 aliphatic rings. The Balaban J connectivity index is 1.98. The van der Waals surface area contributed by atoms with Gasteiger partial charge in [0.05, 0.1) is 16.6 Å². The van der Waals surface area contributed by atoms with Crippen LogP contribution in [-0.4, -0.2) is 17.5 Å². The van der Waals surface area contributed by atoms with Crippen molar-refractivity contribution in [3.8, 4) is 0 Å². The van der Waals surface area contributed by atoms with Gasteiger partial charge in [0.25, 0.3) is 0 Å². The average Bonchev–Trinajstić information content (AvgIpc) is 2.66. The highest BCUT2D eigenvalue weighted by atomic mass is 35.5. The summed E-state index contributed by atoms with van der Waals surface area (Å²) in [6.07, 6.45) is 1.08. The predicted octanol–water partition coefficient (Wildman–Crippen LogP) is 4.30. The van der Waals surface area contributed by atoms with Gasteiger partial charge in [0.15, 0.2) is 0 Å². The van der Waals surface area contributed by atoms with Crippen molar-refractivity contribution in [2.24, 2.45) is 11.8 Å². The van der Waals surface area contributed by atoms with E-state index >= 15 is 0 Å². The maximum Gasteiger partial charge on any atom is 0.309 e. The summed E-state index contributed by atoms with van der Waals surface area (Å²) in [6, 6.07) is 4.88. The number of rotatable bonds is 4. The summed E-state index contributed by atoms with van der Waals surface area (Å²) < 4.78 is 5.29. The van der Waals surface area contributed by atoms with Crippen LogP contribution < -0.4 is 5.32 Å². The monoisotopic (exact) mass is 343 g/mol. The fourth-order valence-electron chi connectivity index (χ4n) is 2.64. The molecule has 1 aromatic carbocycles. The van der Waals surface area contributed by atoms with Gasteiger partial charge in [-0.05, 0) is 44.9 Å². The molecular formula is C16H19Cl2NO3. The number of carbonyl (C=O) groups is 2. The molecule has 0 spiro atoms. The zero-order chi connectivity index (χ0) is 16.5. The van der Waals surface area contributed by atoms with Crippen LogP contribution in [-0.2, 0) is 14.3 Å². The molecule has 120 valence electrons. The molecule has 1 heterocycles. The van der Waals surface area contributed by atoms with Crippen molar-refractivity contribution in [3.63, 3.8) is 0 Å². The van der Waals surface area contributed by atoms with Crippen LogP contribution in [0.15, 0.2) is 18.2 Å². The van der Waals surface area contributed by atoms with E-state index in [2.05, 4.69) is 5.32 Å². The number of cyclic esters (lactones) is 1. The molecule has 2 atom stereocenters. The molecule has 1 saturated heterocycles. The molecule has 1 amide bonds. The molecule has 22 heavy (non-hydrogen) atoms. The molecule has 1 aliphatic heterocycles. The Labute approximate surface area is 140 Å². The van der Waals surface area contributed by atoms with Gasteiger partial charge in [-0.2, -0.15) is 0 Å². The molecule has 2 unspecified atom stereocenters. The molecule has 0 bridgehead atoms. The fraction of sp³-hybridized carbons (Fsp3) is 0.500. The van der Waals surface area contributed by atoms with Crippen molar-refractivity contribution < 1.29 is 14.3 Å². The number of esters is 1. The minimum absolute atomic E-state index is 0.193. The number of carbonyl (C=O) groups excluding carboxylic acids is 2. The zero-order valence-electron chi connectivity index (χ0n) is 12.8. The number of ether oxygens (including phenoxy) is 1. The number of amides is 1. The van der Waals surface area contributed by atoms with E-state index < -0.39 is 5.60 Å². The van der Waals surface area contributed by atoms with E-state index in [1.807, 2.05) is 13.8 Å². The third kappa shape index (κ3) is 4.14. The third-order valence-corrected chi connectivity index (χ3v) is 4.28. The van der Waals surface area contributed by atoms with Crippen molar-refractivity contribution in [3.05, 3.63) is 28.2 Å². The molecule has 2 rings (SSSR count). The maximum absolute atomic E-state index is 12.3. The smallest absolute Gasteiger partial charge is 0.309 e. The van der Waals surface area contributed by atoms with Gasteiger partial charge in [0.2, 0.25) is 5.91 Å². The summed E-state index contributed by atoms with van der Waals surface area (Å²) in [5.41, 5.74) is 0.0224. The van der Waals surface area contributed by atoms with E-state index in [0.717, 1.165) is 0 Å². The molecule has 1 fully saturated rings. The lowest BCUT2D eigenvalue weighted by molar-refractivity contribution is -0.148. The van der Waals surface area contributed by atoms with Gasteiger partial charge < -0.3 is 10.1 Å². The zero-order valence-corrected chi connectivity index (χ0v) is 14.3. The van der Waals surface area contributed by atoms with Crippen LogP contribution in [0.3, 0.4) is 0 Å². The molecule has 1 aromatic rings. The van der Waals surface area contributed by atoms with Crippen molar-refractivity contribution in [1.82, 2.24) is 0 Å². The second-order valence-corrected chi connectivity index (χ2v) is 7.18. The molecule has 0 aromatic heterocycles. The average molecular weight is 344 g/mol. The standard InChI is InChI=1S/C16H19Cl2NO3/c1-9(6-10-8-16(2,3)22-15(10)21)14(20)19-13-7-11(17)4-5-12(13)18/h4-5,7,9-10H,6,8H2,1-3H3,(H,19,20). The molecule has 6 heteroatoms. The summed E-state index contributed by atoms with van der Waals surface area (Å²) in [6.45, 7) is 5.54. The maximum atomic E-state index is 12.3. The van der Waals surface area contributed by atoms with Crippen LogP contribution in [0.25, 0.3) is 0 Å². The highest BCUT2D eigenvalue weighted by Crippen LogP contribution is 2.34. The Kier molecular flexibility index (Phi) is 5.03. The predicted molar refractivity (Wildman–Crippen MR) is 87.2 cm³/mol. The second kappa shape index (κ2) is 6.47. The number of benzene rings is 1. The minimum Gasteiger partial charge on any atom is -0.459 e. The first-order valence-electron chi connectivity index (χ1n) is 7.17. The summed E-state index contributed by atoms with van der Waals surface area (Å²) in [7, 11) is 0. The number of anilines is 1. The normalized spacial score (nSPS) is 21.3. The van der Waals surface area contributed by atoms with Crippen LogP contribution in [0.2, 0.25) is 10.0 Å². The fourth-order valence-corrected chi connectivity index (χ4v) is 2.97. The van der Waals surface area contributed by atoms with Crippen LogP contribution in [0, 0.1) is 11.8 Å². The van der Waals surface area contributed by atoms with E-state index in [-0.39, 0.29) is 23.7 Å². The SMILES string of the molecule is CC(CC1CC(C)(C)OC1=O)C(=O)Nc1cc(Cl)ccc1Cl. The molecule has 0 saturated carbocycles. The number of hydrogen-bond donors (Lipinski definition) is 1. The largest absolute Gasteiger partial charge is 0.459 e. The van der Waals surface area contributed by atoms with E-state index in [1.165, 1.54) is 0 Å². The highest BCUT2D eigenvalue weighted by molar-refractivity contribution is 6.35. The van der Waals surface area contributed by atoms with Crippen molar-refractivity contribution in [2.45, 2.75) is 39.2 Å². The summed E-state index contributed by atoms with van der Waals surface area (Å²) >= 11 is 11.9. The first-order valence-corrected chi connectivity index (χ1v) is 7.92. The second-order valence-electron chi connectivity index (χ2n) is 6.33. The molecule has 1 N–H and O–H groups in total. The van der Waals surface area contributed by atoms with E-state index in [4.69, 9.17) is 27.9 Å². The topological polar surface area (TPSA) is 55.4 Å². The Morgan fingerprint density at radius 3 is 2.73 bits per heavy atom. The van der Waals surface area contributed by atoms with Gasteiger partial charge in [0, 0.05) is 10.9 Å². The molecule has 0 radical (unpaired) electrons. The van der Waals surface area contributed by atoms with E-state index in [0.29, 0.717) is 28.6 Å². The lowest BCUT2D eigenvalue weighted by atomic mass is 9.89. The van der Waals surface area contributed by atoms with Gasteiger partial charge in [0.1, 0.15) is 5.60 Å². The van der Waals surface area contributed by atoms with Crippen LogP contribution in [0.4, 0.5) is 5.69 Å². The van der Waals surface area contributed by atoms with Crippen molar-refractivity contribution in [1.29, 1.82) is 0 Å². The molecule has 4 nitrogen and oxygen atoms in total. The van der Waals surface area contributed by atoms with Crippen molar-refractivity contribution >= 4 is 40.8 Å². The van der Waals surface area contributed by atoms with E-state index in [1.54, 1.807) is 25.1 Å². The Morgan fingerprint density at radius 1 is 1.45 bits per heavy atom. The summed E-state index contributed by atoms with van der Waals surface area (Å²) in [5.74, 6) is -1.00. The number of nitrogens with one attached hydrogen (secondary N) is 1. The Hall–Kier alpha value is -1.26. The minimum atomic E-state index is -0.450. The van der Waals surface area contributed by atoms with Crippen LogP contribution in [0.1, 0.15) is 33.6 Å². The van der Waals surface area contributed by atoms with Crippen LogP contribution >= 0.6 is 23.2 Å². The quantitative estimate of drug-likeness (QED) is 0.829. The lowest BCUT2D eigenvalue weighted by Gasteiger charge is -2.16. The first-order chi connectivity index (χ1) is 10.2. The van der Waals surface area contributed by atoms with Gasteiger partial charge in [-0.3, -0.25) is 9.59 Å². The van der Waals surface area contributed by atoms with Gasteiger partial charge in [-0.1, -0.05) is 30.1 Å². The highest BCUT2D eigenvalue weighted by Gasteiger charge is 2.41. The molecule has 0 aliphatic carbocycles. The number of hydrogen-bond acceptors (Lipinski definition) is 3. The Morgan fingerprint density at radius 2 is 2.14 bits per heavy atom. The number of halogens is 2. The van der Waals surface area contributed by atoms with Crippen molar-refractivity contribution in [2.75, 3.05) is 5.32 Å². The summed E-state index contributed by atoms with van der Waals surface area (Å²) in [5, 5.41) is 3.67. The van der Waals surface area contributed by atoms with Gasteiger partial charge >= 0.3 is 5.97 Å². The lowest BCUT2D eigenvalue weighted by Crippen LogP contribution is -2.24. The summed E-state index contributed by atoms with van der Waals surface area (Å²) in [4.78, 5) is 24.1. The first kappa shape index (κ1) is 17.1. The Bertz CT molecular complexity index is 601. The third-order valence-electron chi connectivity index (χ3n) is 3.72. The van der Waals surface area contributed by atoms with Crippen LogP contribution in [0.5, 0.6) is 0 Å². The van der Waals surface area contributed by atoms with Gasteiger partial charge in [-0.25, -0.2) is 0 Å². The van der Waals surface area contributed by atoms with Gasteiger partial charge in [-0.15, -0.1) is 0 Å². The van der Waals surface area contributed by atoms with E-state index in [9.17, 15) is 9.59 Å².